The molecule has 1 fully saturated rings. The molecule has 3 heteroatoms. The lowest BCUT2D eigenvalue weighted by atomic mass is 10.2. The molecule has 0 aliphatic carbocycles. The molecule has 1 aliphatic rings. The van der Waals surface area contributed by atoms with Gasteiger partial charge in [-0.2, -0.15) is 0 Å². The Morgan fingerprint density at radius 1 is 1.33 bits per heavy atom. The normalized spacial score (nSPS) is 25.4. The zero-order valence-electron chi connectivity index (χ0n) is 11.0. The fourth-order valence-electron chi connectivity index (χ4n) is 1.94. The van der Waals surface area contributed by atoms with Gasteiger partial charge in [0.15, 0.2) is 0 Å². The Morgan fingerprint density at radius 2 is 2.00 bits per heavy atom. The summed E-state index contributed by atoms with van der Waals surface area (Å²) >= 11 is 0. The van der Waals surface area contributed by atoms with E-state index in [1.165, 1.54) is 19.5 Å². The molecule has 3 nitrogen and oxygen atoms in total. The Kier molecular flexibility index (Phi) is 5.03. The Morgan fingerprint density at radius 3 is 2.47 bits per heavy atom. The highest BCUT2D eigenvalue weighted by atomic mass is 15.2. The van der Waals surface area contributed by atoms with Crippen molar-refractivity contribution in [2.75, 3.05) is 33.7 Å². The molecule has 1 rings (SSSR count). The number of hydrogen-bond acceptors (Lipinski definition) is 3. The molecule has 0 spiro atoms. The van der Waals surface area contributed by atoms with Crippen LogP contribution in [0, 0.1) is 0 Å². The van der Waals surface area contributed by atoms with Crippen LogP contribution in [0.1, 0.15) is 27.2 Å². The number of nitrogens with one attached hydrogen (secondary N) is 1. The third-order valence-electron chi connectivity index (χ3n) is 3.53. The molecule has 2 atom stereocenters. The van der Waals surface area contributed by atoms with Crippen molar-refractivity contribution in [2.24, 2.45) is 0 Å². The lowest BCUT2D eigenvalue weighted by Gasteiger charge is -2.23. The molecule has 2 unspecified atom stereocenters. The van der Waals surface area contributed by atoms with Gasteiger partial charge < -0.3 is 10.2 Å². The van der Waals surface area contributed by atoms with Crippen LogP contribution in [0.5, 0.6) is 0 Å². The second kappa shape index (κ2) is 5.83. The number of likely N-dealkylation sites (tertiary alicyclic amines) is 1. The largest absolute Gasteiger partial charge is 0.311 e. The first-order chi connectivity index (χ1) is 7.00. The number of rotatable bonds is 5. The van der Waals surface area contributed by atoms with E-state index < -0.39 is 0 Å². The van der Waals surface area contributed by atoms with Gasteiger partial charge in [0.2, 0.25) is 0 Å². The summed E-state index contributed by atoms with van der Waals surface area (Å²) in [5.41, 5.74) is 0. The Balaban J connectivity index is 2.19. The van der Waals surface area contributed by atoms with Crippen LogP contribution in [0.15, 0.2) is 0 Å². The highest BCUT2D eigenvalue weighted by Crippen LogP contribution is 2.12. The molecule has 15 heavy (non-hydrogen) atoms. The second-order valence-electron chi connectivity index (χ2n) is 5.30. The average Bonchev–Trinajstić information content (AvgIpc) is 2.62. The summed E-state index contributed by atoms with van der Waals surface area (Å²) < 4.78 is 0. The standard InChI is InChI=1S/C12H27N3/c1-10(2)15-7-6-12(9-15)13-8-11(3)14(4)5/h10-13H,6-9H2,1-5H3. The van der Waals surface area contributed by atoms with Crippen LogP contribution >= 0.6 is 0 Å². The van der Waals surface area contributed by atoms with E-state index >= 15 is 0 Å². The van der Waals surface area contributed by atoms with Crippen molar-refractivity contribution < 1.29 is 0 Å². The maximum absolute atomic E-state index is 3.66. The van der Waals surface area contributed by atoms with E-state index in [-0.39, 0.29) is 0 Å². The van der Waals surface area contributed by atoms with Gasteiger partial charge in [-0.25, -0.2) is 0 Å². The van der Waals surface area contributed by atoms with Crippen molar-refractivity contribution in [3.8, 4) is 0 Å². The average molecular weight is 213 g/mol. The molecule has 0 bridgehead atoms. The third kappa shape index (κ3) is 4.09. The van der Waals surface area contributed by atoms with E-state index in [1.54, 1.807) is 0 Å². The molecule has 0 saturated carbocycles. The van der Waals surface area contributed by atoms with E-state index in [4.69, 9.17) is 0 Å². The van der Waals surface area contributed by atoms with Crippen LogP contribution in [0.2, 0.25) is 0 Å². The van der Waals surface area contributed by atoms with Gasteiger partial charge >= 0.3 is 0 Å². The molecular weight excluding hydrogens is 186 g/mol. The first-order valence-corrected chi connectivity index (χ1v) is 6.14. The van der Waals surface area contributed by atoms with E-state index in [2.05, 4.69) is 50.0 Å². The van der Waals surface area contributed by atoms with Gasteiger partial charge in [0.25, 0.3) is 0 Å². The SMILES string of the molecule is CC(CNC1CCN(C(C)C)C1)N(C)C. The van der Waals surface area contributed by atoms with Gasteiger partial charge in [-0.05, 0) is 47.8 Å². The fraction of sp³-hybridized carbons (Fsp3) is 1.00. The van der Waals surface area contributed by atoms with Crippen molar-refractivity contribution in [3.05, 3.63) is 0 Å². The summed E-state index contributed by atoms with van der Waals surface area (Å²) in [7, 11) is 4.28. The van der Waals surface area contributed by atoms with E-state index in [1.807, 2.05) is 0 Å². The van der Waals surface area contributed by atoms with Crippen molar-refractivity contribution >= 4 is 0 Å². The van der Waals surface area contributed by atoms with E-state index in [0.717, 1.165) is 6.54 Å². The minimum Gasteiger partial charge on any atom is -0.311 e. The zero-order valence-corrected chi connectivity index (χ0v) is 11.0. The summed E-state index contributed by atoms with van der Waals surface area (Å²) in [6.45, 7) is 10.4. The molecule has 0 amide bonds. The van der Waals surface area contributed by atoms with Crippen molar-refractivity contribution in [1.82, 2.24) is 15.1 Å². The molecule has 1 saturated heterocycles. The molecule has 90 valence electrons. The highest BCUT2D eigenvalue weighted by Gasteiger charge is 2.23. The van der Waals surface area contributed by atoms with Crippen LogP contribution in [-0.4, -0.2) is 61.7 Å². The lowest BCUT2D eigenvalue weighted by molar-refractivity contribution is 0.260. The molecule has 0 aromatic carbocycles. The zero-order chi connectivity index (χ0) is 11.4. The van der Waals surface area contributed by atoms with Crippen LogP contribution in [0.4, 0.5) is 0 Å². The topological polar surface area (TPSA) is 18.5 Å². The smallest absolute Gasteiger partial charge is 0.0207 e. The quantitative estimate of drug-likeness (QED) is 0.735. The monoisotopic (exact) mass is 213 g/mol. The summed E-state index contributed by atoms with van der Waals surface area (Å²) in [6.07, 6.45) is 1.30. The molecular formula is C12H27N3. The lowest BCUT2D eigenvalue weighted by Crippen LogP contribution is -2.42. The van der Waals surface area contributed by atoms with Crippen LogP contribution in [0.25, 0.3) is 0 Å². The van der Waals surface area contributed by atoms with Gasteiger partial charge in [0, 0.05) is 31.2 Å². The maximum Gasteiger partial charge on any atom is 0.0207 e. The first-order valence-electron chi connectivity index (χ1n) is 6.14. The Hall–Kier alpha value is -0.120. The fourth-order valence-corrected chi connectivity index (χ4v) is 1.94. The highest BCUT2D eigenvalue weighted by molar-refractivity contribution is 4.83. The van der Waals surface area contributed by atoms with Crippen molar-refractivity contribution in [1.29, 1.82) is 0 Å². The number of hydrogen-bond donors (Lipinski definition) is 1. The third-order valence-corrected chi connectivity index (χ3v) is 3.53. The first kappa shape index (κ1) is 12.9. The van der Waals surface area contributed by atoms with Crippen molar-refractivity contribution in [2.45, 2.75) is 45.3 Å². The van der Waals surface area contributed by atoms with Crippen LogP contribution < -0.4 is 5.32 Å². The second-order valence-corrected chi connectivity index (χ2v) is 5.30. The Bertz CT molecular complexity index is 180. The summed E-state index contributed by atoms with van der Waals surface area (Å²) in [5, 5.41) is 3.66. The predicted octanol–water partition coefficient (Wildman–Crippen LogP) is 1.01. The van der Waals surface area contributed by atoms with Crippen LogP contribution in [0.3, 0.4) is 0 Å². The molecule has 1 N–H and O–H groups in total. The van der Waals surface area contributed by atoms with E-state index in [9.17, 15) is 0 Å². The minimum absolute atomic E-state index is 0.623. The molecule has 1 aliphatic heterocycles. The van der Waals surface area contributed by atoms with Gasteiger partial charge in [-0.3, -0.25) is 4.90 Å². The van der Waals surface area contributed by atoms with Gasteiger partial charge in [-0.15, -0.1) is 0 Å². The minimum atomic E-state index is 0.623. The number of likely N-dealkylation sites (N-methyl/N-ethyl adjacent to an activating group) is 1. The molecule has 0 aromatic heterocycles. The van der Waals surface area contributed by atoms with Crippen LogP contribution in [-0.2, 0) is 0 Å². The summed E-state index contributed by atoms with van der Waals surface area (Å²) in [6, 6.07) is 2.02. The summed E-state index contributed by atoms with van der Waals surface area (Å²) in [5.74, 6) is 0. The van der Waals surface area contributed by atoms with Gasteiger partial charge in [0.05, 0.1) is 0 Å². The molecule has 0 radical (unpaired) electrons. The maximum atomic E-state index is 3.66. The van der Waals surface area contributed by atoms with Gasteiger partial charge in [-0.1, -0.05) is 0 Å². The predicted molar refractivity (Wildman–Crippen MR) is 66.3 cm³/mol. The van der Waals surface area contributed by atoms with E-state index in [0.29, 0.717) is 18.1 Å². The van der Waals surface area contributed by atoms with Crippen molar-refractivity contribution in [3.63, 3.8) is 0 Å². The Labute approximate surface area is 94.8 Å². The molecule has 1 heterocycles. The van der Waals surface area contributed by atoms with Gasteiger partial charge in [0.1, 0.15) is 0 Å². The summed E-state index contributed by atoms with van der Waals surface area (Å²) in [4.78, 5) is 4.82. The number of nitrogens with zero attached hydrogens (tertiary/aromatic N) is 2. The molecule has 0 aromatic rings.